The van der Waals surface area contributed by atoms with Crippen LogP contribution in [0.1, 0.15) is 53.5 Å². The second-order valence-corrected chi connectivity index (χ2v) is 9.84. The number of thiazole rings is 1. The molecule has 1 aromatic carbocycles. The molecular weight excluding hydrogens is 454 g/mol. The number of anilines is 1. The third kappa shape index (κ3) is 4.89. The van der Waals surface area contributed by atoms with Crippen LogP contribution in [0.4, 0.5) is 5.13 Å². The van der Waals surface area contributed by atoms with Gasteiger partial charge in [-0.15, -0.1) is 11.3 Å². The van der Waals surface area contributed by atoms with Gasteiger partial charge in [-0.05, 0) is 38.7 Å². The van der Waals surface area contributed by atoms with Gasteiger partial charge in [0.15, 0.2) is 10.8 Å². The van der Waals surface area contributed by atoms with E-state index in [0.717, 1.165) is 23.3 Å². The van der Waals surface area contributed by atoms with Crippen molar-refractivity contribution in [3.8, 4) is 0 Å². The van der Waals surface area contributed by atoms with Crippen LogP contribution in [0, 0.1) is 18.8 Å². The molecule has 1 saturated heterocycles. The van der Waals surface area contributed by atoms with E-state index in [0.29, 0.717) is 35.8 Å². The van der Waals surface area contributed by atoms with Crippen LogP contribution in [-0.4, -0.2) is 53.3 Å². The van der Waals surface area contributed by atoms with E-state index in [1.807, 2.05) is 30.3 Å². The van der Waals surface area contributed by atoms with E-state index < -0.39 is 5.97 Å². The van der Waals surface area contributed by atoms with Crippen molar-refractivity contribution in [1.29, 1.82) is 0 Å². The standard InChI is InChI=1S/C25H29N3O5S/c1-3-33-24(32)21-16(2)34-25(26-21)27(14-13-17-9-5-4-6-10-17)20(29)15-28-22(30)18-11-7-8-12-19(18)23(28)31/h4-6,9-10,18-19H,3,7-8,11-15H2,1-2H3. The molecule has 9 heteroatoms. The number of fused-ring (bicyclic) bond motifs is 1. The second kappa shape index (κ2) is 10.5. The van der Waals surface area contributed by atoms with Crippen LogP contribution in [0.2, 0.25) is 0 Å². The molecule has 1 aliphatic heterocycles. The molecular formula is C25H29N3O5S. The van der Waals surface area contributed by atoms with Crippen molar-refractivity contribution >= 4 is 40.2 Å². The Kier molecular flexibility index (Phi) is 7.41. The molecule has 2 atom stereocenters. The number of imide groups is 1. The molecule has 0 N–H and O–H groups in total. The Morgan fingerprint density at radius 2 is 1.76 bits per heavy atom. The van der Waals surface area contributed by atoms with E-state index in [2.05, 4.69) is 4.98 Å². The molecule has 3 amide bonds. The molecule has 34 heavy (non-hydrogen) atoms. The number of likely N-dealkylation sites (tertiary alicyclic amines) is 1. The van der Waals surface area contributed by atoms with Gasteiger partial charge in [-0.1, -0.05) is 43.2 Å². The number of hydrogen-bond acceptors (Lipinski definition) is 7. The molecule has 1 saturated carbocycles. The van der Waals surface area contributed by atoms with Crippen molar-refractivity contribution in [2.24, 2.45) is 11.8 Å². The highest BCUT2D eigenvalue weighted by Crippen LogP contribution is 2.38. The first-order chi connectivity index (χ1) is 16.4. The third-order valence-electron chi connectivity index (χ3n) is 6.48. The summed E-state index contributed by atoms with van der Waals surface area (Å²) >= 11 is 1.22. The third-order valence-corrected chi connectivity index (χ3v) is 7.47. The number of rotatable bonds is 8. The van der Waals surface area contributed by atoms with Crippen LogP contribution in [0.3, 0.4) is 0 Å². The van der Waals surface area contributed by atoms with Gasteiger partial charge in [0.25, 0.3) is 0 Å². The predicted molar refractivity (Wildman–Crippen MR) is 127 cm³/mol. The lowest BCUT2D eigenvalue weighted by molar-refractivity contribution is -0.143. The summed E-state index contributed by atoms with van der Waals surface area (Å²) < 4.78 is 5.09. The molecule has 2 unspecified atom stereocenters. The summed E-state index contributed by atoms with van der Waals surface area (Å²) in [6.45, 7) is 3.70. The van der Waals surface area contributed by atoms with Crippen molar-refractivity contribution in [3.63, 3.8) is 0 Å². The van der Waals surface area contributed by atoms with E-state index >= 15 is 0 Å². The number of carbonyl (C=O) groups excluding carboxylic acids is 4. The maximum Gasteiger partial charge on any atom is 0.358 e. The van der Waals surface area contributed by atoms with Gasteiger partial charge in [-0.2, -0.15) is 0 Å². The monoisotopic (exact) mass is 483 g/mol. The van der Waals surface area contributed by atoms with Crippen LogP contribution in [0.5, 0.6) is 0 Å². The van der Waals surface area contributed by atoms with Gasteiger partial charge in [0.2, 0.25) is 17.7 Å². The maximum absolute atomic E-state index is 13.5. The molecule has 4 rings (SSSR count). The highest BCUT2D eigenvalue weighted by molar-refractivity contribution is 7.16. The van der Waals surface area contributed by atoms with Crippen LogP contribution in [-0.2, 0) is 25.5 Å². The summed E-state index contributed by atoms with van der Waals surface area (Å²) in [7, 11) is 0. The van der Waals surface area contributed by atoms with E-state index in [-0.39, 0.29) is 48.4 Å². The van der Waals surface area contributed by atoms with Crippen LogP contribution >= 0.6 is 11.3 Å². The molecule has 2 aromatic rings. The summed E-state index contributed by atoms with van der Waals surface area (Å²) in [6.07, 6.45) is 3.83. The SMILES string of the molecule is CCOC(=O)c1nc(N(CCc2ccccc2)C(=O)CN2C(=O)C3CCCCC3C2=O)sc1C. The van der Waals surface area contributed by atoms with Crippen molar-refractivity contribution in [1.82, 2.24) is 9.88 Å². The Labute approximate surface area is 202 Å². The lowest BCUT2D eigenvalue weighted by Crippen LogP contribution is -2.44. The smallest absolute Gasteiger partial charge is 0.358 e. The minimum atomic E-state index is -0.535. The first-order valence-corrected chi connectivity index (χ1v) is 12.6. The molecule has 180 valence electrons. The Morgan fingerprint density at radius 1 is 1.12 bits per heavy atom. The molecule has 1 aromatic heterocycles. The van der Waals surface area contributed by atoms with Crippen molar-refractivity contribution in [2.45, 2.75) is 46.0 Å². The number of aromatic nitrogens is 1. The summed E-state index contributed by atoms with van der Waals surface area (Å²) in [5.74, 6) is -2.01. The quantitative estimate of drug-likeness (QED) is 0.422. The van der Waals surface area contributed by atoms with Crippen LogP contribution in [0.15, 0.2) is 30.3 Å². The first-order valence-electron chi connectivity index (χ1n) is 11.7. The number of hydrogen-bond donors (Lipinski definition) is 0. The van der Waals surface area contributed by atoms with Crippen molar-refractivity contribution < 1.29 is 23.9 Å². The number of esters is 1. The van der Waals surface area contributed by atoms with Gasteiger partial charge in [0.1, 0.15) is 6.54 Å². The number of ether oxygens (including phenoxy) is 1. The van der Waals surface area contributed by atoms with Gasteiger partial charge < -0.3 is 4.74 Å². The zero-order chi connectivity index (χ0) is 24.2. The van der Waals surface area contributed by atoms with Crippen LogP contribution < -0.4 is 4.90 Å². The molecule has 1 aliphatic carbocycles. The number of benzene rings is 1. The number of nitrogens with zero attached hydrogens (tertiary/aromatic N) is 3. The molecule has 8 nitrogen and oxygen atoms in total. The zero-order valence-electron chi connectivity index (χ0n) is 19.5. The Hall–Kier alpha value is -3.07. The van der Waals surface area contributed by atoms with Crippen molar-refractivity contribution in [2.75, 3.05) is 24.6 Å². The molecule has 0 bridgehead atoms. The maximum atomic E-state index is 13.5. The van der Waals surface area contributed by atoms with Crippen LogP contribution in [0.25, 0.3) is 0 Å². The van der Waals surface area contributed by atoms with E-state index in [1.165, 1.54) is 16.2 Å². The fourth-order valence-electron chi connectivity index (χ4n) is 4.71. The second-order valence-electron chi connectivity index (χ2n) is 8.66. The minimum Gasteiger partial charge on any atom is -0.461 e. The zero-order valence-corrected chi connectivity index (χ0v) is 20.3. The highest BCUT2D eigenvalue weighted by atomic mass is 32.1. The number of amides is 3. The first kappa shape index (κ1) is 24.1. The normalized spacial score (nSPS) is 19.8. The van der Waals surface area contributed by atoms with Gasteiger partial charge >= 0.3 is 5.97 Å². The minimum absolute atomic E-state index is 0.179. The number of aryl methyl sites for hydroxylation is 1. The summed E-state index contributed by atoms with van der Waals surface area (Å²) in [6, 6.07) is 9.72. The fraction of sp³-hybridized carbons (Fsp3) is 0.480. The average molecular weight is 484 g/mol. The van der Waals surface area contributed by atoms with Gasteiger partial charge in [-0.25, -0.2) is 9.78 Å². The Bertz CT molecular complexity index is 1060. The summed E-state index contributed by atoms with van der Waals surface area (Å²) in [5.41, 5.74) is 1.22. The highest BCUT2D eigenvalue weighted by Gasteiger charge is 2.48. The van der Waals surface area contributed by atoms with Gasteiger partial charge in [0.05, 0.1) is 18.4 Å². The average Bonchev–Trinajstić information content (AvgIpc) is 3.33. The lowest BCUT2D eigenvalue weighted by Gasteiger charge is -2.23. The Balaban J connectivity index is 1.57. The summed E-state index contributed by atoms with van der Waals surface area (Å²) in [4.78, 5) is 59.2. The molecule has 2 fully saturated rings. The molecule has 2 aliphatic rings. The topological polar surface area (TPSA) is 96.9 Å². The molecule has 0 radical (unpaired) electrons. The molecule has 0 spiro atoms. The van der Waals surface area contributed by atoms with Gasteiger partial charge in [0, 0.05) is 11.4 Å². The van der Waals surface area contributed by atoms with E-state index in [9.17, 15) is 19.2 Å². The fourth-order valence-corrected chi connectivity index (χ4v) is 5.65. The predicted octanol–water partition coefficient (Wildman–Crippen LogP) is 3.38. The largest absolute Gasteiger partial charge is 0.461 e. The van der Waals surface area contributed by atoms with Gasteiger partial charge in [-0.3, -0.25) is 24.2 Å². The van der Waals surface area contributed by atoms with E-state index in [4.69, 9.17) is 4.74 Å². The number of carbonyl (C=O) groups is 4. The molecule has 2 heterocycles. The van der Waals surface area contributed by atoms with E-state index in [1.54, 1.807) is 13.8 Å². The summed E-state index contributed by atoms with van der Waals surface area (Å²) in [5, 5.41) is 0.359. The Morgan fingerprint density at radius 3 is 2.38 bits per heavy atom. The lowest BCUT2D eigenvalue weighted by atomic mass is 9.81. The van der Waals surface area contributed by atoms with Crippen molar-refractivity contribution in [3.05, 3.63) is 46.5 Å².